The third-order valence-electron chi connectivity index (χ3n) is 3.84. The van der Waals surface area contributed by atoms with Crippen molar-refractivity contribution < 1.29 is 14.7 Å². The molecule has 1 fully saturated rings. The number of carbonyl (C=O) groups is 2. The van der Waals surface area contributed by atoms with Gasteiger partial charge >= 0.3 is 0 Å². The fourth-order valence-electron chi connectivity index (χ4n) is 1.91. The van der Waals surface area contributed by atoms with Crippen molar-refractivity contribution in [3.63, 3.8) is 0 Å². The number of likely N-dealkylation sites (tertiary alicyclic amines) is 1. The molecule has 5 heteroatoms. The number of amides is 2. The van der Waals surface area contributed by atoms with E-state index in [-0.39, 0.29) is 30.7 Å². The van der Waals surface area contributed by atoms with Crippen molar-refractivity contribution in [1.82, 2.24) is 4.90 Å². The Labute approximate surface area is 102 Å². The zero-order valence-corrected chi connectivity index (χ0v) is 10.9. The predicted molar refractivity (Wildman–Crippen MR) is 63.9 cm³/mol. The van der Waals surface area contributed by atoms with Gasteiger partial charge in [0.25, 0.3) is 0 Å². The number of aliphatic hydroxyl groups is 1. The summed E-state index contributed by atoms with van der Waals surface area (Å²) >= 11 is 0. The second kappa shape index (κ2) is 4.74. The molecular weight excluding hydrogens is 220 g/mol. The molecule has 2 amide bonds. The summed E-state index contributed by atoms with van der Waals surface area (Å²) in [6.45, 7) is 7.33. The third kappa shape index (κ3) is 2.50. The second-order valence-electron chi connectivity index (χ2n) is 5.46. The van der Waals surface area contributed by atoms with Gasteiger partial charge in [-0.3, -0.25) is 14.5 Å². The molecule has 1 rings (SSSR count). The number of hydrogen-bond acceptors (Lipinski definition) is 4. The summed E-state index contributed by atoms with van der Waals surface area (Å²) in [7, 11) is 0. The topological polar surface area (TPSA) is 83.6 Å². The Hall–Kier alpha value is -0.940. The SMILES string of the molecule is CC(O)C(N)CN1C(=O)CC(C)(C(C)C)C1=O. The van der Waals surface area contributed by atoms with Crippen LogP contribution in [-0.4, -0.2) is 40.5 Å². The summed E-state index contributed by atoms with van der Waals surface area (Å²) in [5, 5.41) is 9.32. The van der Waals surface area contributed by atoms with Crippen LogP contribution in [0.2, 0.25) is 0 Å². The van der Waals surface area contributed by atoms with Gasteiger partial charge in [0, 0.05) is 19.0 Å². The van der Waals surface area contributed by atoms with Gasteiger partial charge < -0.3 is 10.8 Å². The molecule has 98 valence electrons. The lowest BCUT2D eigenvalue weighted by molar-refractivity contribution is -0.142. The molecule has 1 heterocycles. The van der Waals surface area contributed by atoms with Crippen LogP contribution >= 0.6 is 0 Å². The number of nitrogens with zero attached hydrogens (tertiary/aromatic N) is 1. The lowest BCUT2D eigenvalue weighted by Crippen LogP contribution is -2.47. The molecule has 5 nitrogen and oxygen atoms in total. The van der Waals surface area contributed by atoms with Crippen molar-refractivity contribution in [3.05, 3.63) is 0 Å². The number of carbonyl (C=O) groups excluding carboxylic acids is 2. The van der Waals surface area contributed by atoms with Gasteiger partial charge in [-0.05, 0) is 19.8 Å². The summed E-state index contributed by atoms with van der Waals surface area (Å²) in [5.41, 5.74) is 5.06. The summed E-state index contributed by atoms with van der Waals surface area (Å²) < 4.78 is 0. The molecule has 0 aromatic heterocycles. The van der Waals surface area contributed by atoms with Gasteiger partial charge in [0.2, 0.25) is 11.8 Å². The number of rotatable bonds is 4. The maximum absolute atomic E-state index is 12.2. The van der Waals surface area contributed by atoms with Crippen molar-refractivity contribution in [3.8, 4) is 0 Å². The minimum atomic E-state index is -0.735. The molecule has 3 N–H and O–H groups in total. The standard InChI is InChI=1S/C12H22N2O3/c1-7(2)12(4)5-10(16)14(11(12)17)6-9(13)8(3)15/h7-9,15H,5-6,13H2,1-4H3. The van der Waals surface area contributed by atoms with E-state index in [0.717, 1.165) is 0 Å². The van der Waals surface area contributed by atoms with Crippen LogP contribution in [0.5, 0.6) is 0 Å². The zero-order valence-electron chi connectivity index (χ0n) is 10.9. The normalized spacial score (nSPS) is 29.0. The van der Waals surface area contributed by atoms with E-state index in [4.69, 9.17) is 5.73 Å². The summed E-state index contributed by atoms with van der Waals surface area (Å²) in [6, 6.07) is -0.586. The lowest BCUT2D eigenvalue weighted by atomic mass is 9.78. The summed E-state index contributed by atoms with van der Waals surface area (Å²) in [4.78, 5) is 25.2. The molecule has 0 aromatic carbocycles. The Balaban J connectivity index is 2.83. The fraction of sp³-hybridized carbons (Fsp3) is 0.833. The van der Waals surface area contributed by atoms with Crippen LogP contribution in [0.15, 0.2) is 0 Å². The minimum Gasteiger partial charge on any atom is -0.392 e. The number of hydrogen-bond donors (Lipinski definition) is 2. The van der Waals surface area contributed by atoms with Crippen LogP contribution in [0.25, 0.3) is 0 Å². The van der Waals surface area contributed by atoms with Crippen LogP contribution in [0.4, 0.5) is 0 Å². The lowest BCUT2D eigenvalue weighted by Gasteiger charge is -2.27. The highest BCUT2D eigenvalue weighted by Gasteiger charge is 2.50. The van der Waals surface area contributed by atoms with Gasteiger partial charge in [-0.15, -0.1) is 0 Å². The molecule has 0 aliphatic carbocycles. The maximum Gasteiger partial charge on any atom is 0.235 e. The maximum atomic E-state index is 12.2. The minimum absolute atomic E-state index is 0.0949. The summed E-state index contributed by atoms with van der Waals surface area (Å²) in [6.07, 6.45) is -0.503. The second-order valence-corrected chi connectivity index (χ2v) is 5.46. The van der Waals surface area contributed by atoms with E-state index < -0.39 is 17.6 Å². The van der Waals surface area contributed by atoms with Crippen molar-refractivity contribution in [1.29, 1.82) is 0 Å². The van der Waals surface area contributed by atoms with Crippen molar-refractivity contribution in [2.45, 2.75) is 46.3 Å². The van der Waals surface area contributed by atoms with Crippen molar-refractivity contribution in [2.75, 3.05) is 6.54 Å². The molecule has 0 spiro atoms. The van der Waals surface area contributed by atoms with E-state index in [9.17, 15) is 14.7 Å². The van der Waals surface area contributed by atoms with E-state index in [0.29, 0.717) is 0 Å². The quantitative estimate of drug-likeness (QED) is 0.686. The highest BCUT2D eigenvalue weighted by molar-refractivity contribution is 6.05. The van der Waals surface area contributed by atoms with Gasteiger partial charge in [-0.25, -0.2) is 0 Å². The average molecular weight is 242 g/mol. The first kappa shape index (κ1) is 14.1. The Bertz CT molecular complexity index is 328. The molecule has 0 bridgehead atoms. The van der Waals surface area contributed by atoms with E-state index in [1.54, 1.807) is 6.92 Å². The molecule has 1 aliphatic rings. The monoisotopic (exact) mass is 242 g/mol. The molecule has 3 unspecified atom stereocenters. The highest BCUT2D eigenvalue weighted by atomic mass is 16.3. The van der Waals surface area contributed by atoms with Gasteiger partial charge in [0.15, 0.2) is 0 Å². The number of imide groups is 1. The number of nitrogens with two attached hydrogens (primary N) is 1. The van der Waals surface area contributed by atoms with E-state index >= 15 is 0 Å². The molecule has 1 saturated heterocycles. The number of aliphatic hydroxyl groups excluding tert-OH is 1. The van der Waals surface area contributed by atoms with Crippen LogP contribution in [0.1, 0.15) is 34.1 Å². The average Bonchev–Trinajstić information content (AvgIpc) is 2.43. The van der Waals surface area contributed by atoms with Gasteiger partial charge in [-0.1, -0.05) is 13.8 Å². The van der Waals surface area contributed by atoms with Gasteiger partial charge in [-0.2, -0.15) is 0 Å². The first-order valence-electron chi connectivity index (χ1n) is 5.98. The van der Waals surface area contributed by atoms with E-state index in [1.807, 2.05) is 20.8 Å². The van der Waals surface area contributed by atoms with Crippen LogP contribution in [0, 0.1) is 11.3 Å². The van der Waals surface area contributed by atoms with Crippen molar-refractivity contribution >= 4 is 11.8 Å². The molecule has 1 aliphatic heterocycles. The highest BCUT2D eigenvalue weighted by Crippen LogP contribution is 2.39. The van der Waals surface area contributed by atoms with E-state index in [2.05, 4.69) is 0 Å². The van der Waals surface area contributed by atoms with E-state index in [1.165, 1.54) is 4.90 Å². The van der Waals surface area contributed by atoms with Crippen LogP contribution < -0.4 is 5.73 Å². The largest absolute Gasteiger partial charge is 0.392 e. The molecule has 17 heavy (non-hydrogen) atoms. The van der Waals surface area contributed by atoms with Gasteiger partial charge in [0.1, 0.15) is 0 Å². The van der Waals surface area contributed by atoms with Crippen LogP contribution in [0.3, 0.4) is 0 Å². The zero-order chi connectivity index (χ0) is 13.4. The molecule has 0 aromatic rings. The smallest absolute Gasteiger partial charge is 0.235 e. The van der Waals surface area contributed by atoms with Crippen molar-refractivity contribution in [2.24, 2.45) is 17.1 Å². The summed E-state index contributed by atoms with van der Waals surface area (Å²) in [5.74, 6) is -0.261. The Morgan fingerprint density at radius 1 is 1.41 bits per heavy atom. The Kier molecular flexibility index (Phi) is 3.94. The molecule has 3 atom stereocenters. The molecule has 0 saturated carbocycles. The first-order chi connectivity index (χ1) is 7.70. The predicted octanol–water partition coefficient (Wildman–Crippen LogP) is 0.116. The van der Waals surface area contributed by atoms with Crippen LogP contribution in [-0.2, 0) is 9.59 Å². The Morgan fingerprint density at radius 3 is 2.29 bits per heavy atom. The Morgan fingerprint density at radius 2 is 1.94 bits per heavy atom. The first-order valence-corrected chi connectivity index (χ1v) is 5.98. The molecular formula is C12H22N2O3. The fourth-order valence-corrected chi connectivity index (χ4v) is 1.91. The third-order valence-corrected chi connectivity index (χ3v) is 3.84. The van der Waals surface area contributed by atoms with Gasteiger partial charge in [0.05, 0.1) is 11.5 Å². The molecule has 0 radical (unpaired) electrons.